The first-order chi connectivity index (χ1) is 5.84. The summed E-state index contributed by atoms with van der Waals surface area (Å²) in [5.41, 5.74) is 0. The van der Waals surface area contributed by atoms with E-state index in [0.717, 1.165) is 13.1 Å². The van der Waals surface area contributed by atoms with Crippen molar-refractivity contribution in [1.82, 2.24) is 4.90 Å². The summed E-state index contributed by atoms with van der Waals surface area (Å²) in [5, 5.41) is 0. The van der Waals surface area contributed by atoms with Crippen molar-refractivity contribution in [2.75, 3.05) is 19.6 Å². The highest BCUT2D eigenvalue weighted by Gasteiger charge is 2.10. The lowest BCUT2D eigenvalue weighted by Crippen LogP contribution is -2.26. The van der Waals surface area contributed by atoms with Gasteiger partial charge in [0.05, 0.1) is 12.4 Å². The Bertz CT molecular complexity index is 152. The van der Waals surface area contributed by atoms with Crippen LogP contribution in [0.4, 0.5) is 0 Å². The van der Waals surface area contributed by atoms with Crippen LogP contribution in [0.2, 0.25) is 0 Å². The molecule has 0 aromatic rings. The van der Waals surface area contributed by atoms with Crippen LogP contribution in [0.25, 0.3) is 0 Å². The van der Waals surface area contributed by atoms with Gasteiger partial charge in [-0.25, -0.2) is 0 Å². The molecule has 70 valence electrons. The predicted molar refractivity (Wildman–Crippen MR) is 53.7 cm³/mol. The van der Waals surface area contributed by atoms with E-state index in [1.807, 2.05) is 0 Å². The molecule has 0 bridgehead atoms. The maximum Gasteiger partial charge on any atom is 0.0958 e. The number of hydrogen-bond acceptors (Lipinski definition) is 2. The lowest BCUT2D eigenvalue weighted by molar-refractivity contribution is 0.432. The average molecular weight is 168 g/mol. The van der Waals surface area contributed by atoms with E-state index in [9.17, 15) is 0 Å². The molecule has 0 spiro atoms. The van der Waals surface area contributed by atoms with Crippen molar-refractivity contribution in [2.45, 2.75) is 39.5 Å². The van der Waals surface area contributed by atoms with Crippen LogP contribution in [0.5, 0.6) is 0 Å². The van der Waals surface area contributed by atoms with Gasteiger partial charge in [0, 0.05) is 13.1 Å². The van der Waals surface area contributed by atoms with E-state index in [-0.39, 0.29) is 0 Å². The van der Waals surface area contributed by atoms with Crippen molar-refractivity contribution in [3.05, 3.63) is 0 Å². The third-order valence-electron chi connectivity index (χ3n) is 2.45. The second kappa shape index (κ2) is 5.18. The average Bonchev–Trinajstić information content (AvgIpc) is 2.46. The molecule has 1 aliphatic rings. The molecule has 2 nitrogen and oxygen atoms in total. The molecule has 0 aromatic carbocycles. The van der Waals surface area contributed by atoms with Gasteiger partial charge in [-0.15, -0.1) is 0 Å². The number of rotatable bonds is 5. The van der Waals surface area contributed by atoms with E-state index in [2.05, 4.69) is 23.7 Å². The van der Waals surface area contributed by atoms with Gasteiger partial charge < -0.3 is 4.90 Å². The number of hydrogen-bond donors (Lipinski definition) is 0. The van der Waals surface area contributed by atoms with E-state index >= 15 is 0 Å². The van der Waals surface area contributed by atoms with Crippen LogP contribution in [0.15, 0.2) is 4.99 Å². The molecule has 0 saturated heterocycles. The van der Waals surface area contributed by atoms with Crippen molar-refractivity contribution < 1.29 is 0 Å². The molecule has 0 atom stereocenters. The molecule has 0 unspecified atom stereocenters. The highest BCUT2D eigenvalue weighted by molar-refractivity contribution is 5.81. The Labute approximate surface area is 75.7 Å². The second-order valence-corrected chi connectivity index (χ2v) is 3.48. The first kappa shape index (κ1) is 9.56. The smallest absolute Gasteiger partial charge is 0.0958 e. The number of aliphatic imine (C=N–C) groups is 1. The molecule has 0 aromatic heterocycles. The van der Waals surface area contributed by atoms with Crippen LogP contribution >= 0.6 is 0 Å². The molecule has 1 aliphatic heterocycles. The van der Waals surface area contributed by atoms with Gasteiger partial charge in [0.1, 0.15) is 0 Å². The first-order valence-electron chi connectivity index (χ1n) is 5.10. The third-order valence-corrected chi connectivity index (χ3v) is 2.45. The van der Waals surface area contributed by atoms with Crippen LogP contribution in [0.1, 0.15) is 39.5 Å². The van der Waals surface area contributed by atoms with Gasteiger partial charge in [0.15, 0.2) is 0 Å². The minimum atomic E-state index is 1.01. The van der Waals surface area contributed by atoms with Crippen molar-refractivity contribution in [2.24, 2.45) is 4.99 Å². The number of amidine groups is 1. The molecule has 0 N–H and O–H groups in total. The second-order valence-electron chi connectivity index (χ2n) is 3.48. The molecule has 1 heterocycles. The van der Waals surface area contributed by atoms with Gasteiger partial charge >= 0.3 is 0 Å². The highest BCUT2D eigenvalue weighted by atomic mass is 15.2. The topological polar surface area (TPSA) is 15.6 Å². The molecule has 0 amide bonds. The Hall–Kier alpha value is -0.530. The fraction of sp³-hybridized carbons (Fsp3) is 0.900. The largest absolute Gasteiger partial charge is 0.359 e. The molecule has 12 heavy (non-hydrogen) atoms. The lowest BCUT2D eigenvalue weighted by Gasteiger charge is -2.17. The van der Waals surface area contributed by atoms with Crippen molar-refractivity contribution in [3.63, 3.8) is 0 Å². The standard InChI is InChI=1S/C10H20N2/c1-3-4-5-6-8-12-9-7-11-10(12)2/h3-9H2,1-2H3. The fourth-order valence-electron chi connectivity index (χ4n) is 1.60. The number of unbranched alkanes of at least 4 members (excludes halogenated alkanes) is 3. The van der Waals surface area contributed by atoms with Crippen LogP contribution in [0, 0.1) is 0 Å². The SMILES string of the molecule is CCCCCCN1CCN=C1C. The minimum Gasteiger partial charge on any atom is -0.359 e. The zero-order chi connectivity index (χ0) is 8.81. The van der Waals surface area contributed by atoms with Gasteiger partial charge in [0.25, 0.3) is 0 Å². The molecular formula is C10H20N2. The van der Waals surface area contributed by atoms with Crippen molar-refractivity contribution >= 4 is 5.84 Å². The molecule has 0 radical (unpaired) electrons. The Morgan fingerprint density at radius 2 is 2.17 bits per heavy atom. The molecule has 0 saturated carbocycles. The van der Waals surface area contributed by atoms with Gasteiger partial charge in [-0.2, -0.15) is 0 Å². The minimum absolute atomic E-state index is 1.01. The summed E-state index contributed by atoms with van der Waals surface area (Å²) in [5.74, 6) is 1.24. The van der Waals surface area contributed by atoms with Crippen molar-refractivity contribution in [1.29, 1.82) is 0 Å². The van der Waals surface area contributed by atoms with Gasteiger partial charge in [0.2, 0.25) is 0 Å². The Kier molecular flexibility index (Phi) is 4.12. The summed E-state index contributed by atoms with van der Waals surface area (Å²) >= 11 is 0. The van der Waals surface area contributed by atoms with Gasteiger partial charge in [-0.05, 0) is 13.3 Å². The van der Waals surface area contributed by atoms with E-state index in [4.69, 9.17) is 0 Å². The number of nitrogens with zero attached hydrogens (tertiary/aromatic N) is 2. The molecule has 2 heteroatoms. The summed E-state index contributed by atoms with van der Waals surface area (Å²) in [6.45, 7) is 7.75. The third kappa shape index (κ3) is 2.84. The Morgan fingerprint density at radius 3 is 2.75 bits per heavy atom. The fourth-order valence-corrected chi connectivity index (χ4v) is 1.60. The van der Waals surface area contributed by atoms with Gasteiger partial charge in [-0.1, -0.05) is 26.2 Å². The quantitative estimate of drug-likeness (QED) is 0.575. The van der Waals surface area contributed by atoms with E-state index < -0.39 is 0 Å². The zero-order valence-corrected chi connectivity index (χ0v) is 8.34. The monoisotopic (exact) mass is 168 g/mol. The van der Waals surface area contributed by atoms with E-state index in [1.54, 1.807) is 0 Å². The summed E-state index contributed by atoms with van der Waals surface area (Å²) in [7, 11) is 0. The van der Waals surface area contributed by atoms with Crippen LogP contribution < -0.4 is 0 Å². The maximum absolute atomic E-state index is 4.36. The van der Waals surface area contributed by atoms with Crippen LogP contribution in [0.3, 0.4) is 0 Å². The van der Waals surface area contributed by atoms with Crippen molar-refractivity contribution in [3.8, 4) is 0 Å². The van der Waals surface area contributed by atoms with Gasteiger partial charge in [-0.3, -0.25) is 4.99 Å². The Balaban J connectivity index is 2.03. The van der Waals surface area contributed by atoms with Crippen LogP contribution in [-0.4, -0.2) is 30.4 Å². The van der Waals surface area contributed by atoms with Crippen LogP contribution in [-0.2, 0) is 0 Å². The summed E-state index contributed by atoms with van der Waals surface area (Å²) in [6.07, 6.45) is 5.41. The Morgan fingerprint density at radius 1 is 1.33 bits per heavy atom. The zero-order valence-electron chi connectivity index (χ0n) is 8.34. The maximum atomic E-state index is 4.36. The molecule has 0 fully saturated rings. The first-order valence-corrected chi connectivity index (χ1v) is 5.10. The van der Waals surface area contributed by atoms with E-state index in [0.29, 0.717) is 0 Å². The van der Waals surface area contributed by atoms with E-state index in [1.165, 1.54) is 38.1 Å². The normalized spacial score (nSPS) is 16.8. The highest BCUT2D eigenvalue weighted by Crippen LogP contribution is 2.05. The summed E-state index contributed by atoms with van der Waals surface area (Å²) in [6, 6.07) is 0. The molecule has 0 aliphatic carbocycles. The lowest BCUT2D eigenvalue weighted by atomic mass is 10.2. The predicted octanol–water partition coefficient (Wildman–Crippen LogP) is 2.30. The molecular weight excluding hydrogens is 148 g/mol. The summed E-state index contributed by atoms with van der Waals surface area (Å²) < 4.78 is 0. The summed E-state index contributed by atoms with van der Waals surface area (Å²) in [4.78, 5) is 6.76. The molecule has 1 rings (SSSR count).